The van der Waals surface area contributed by atoms with Gasteiger partial charge in [0.2, 0.25) is 10.0 Å². The first-order chi connectivity index (χ1) is 9.88. The normalized spacial score (nSPS) is 11.3. The highest BCUT2D eigenvalue weighted by atomic mass is 32.2. The van der Waals surface area contributed by atoms with Gasteiger partial charge in [-0.3, -0.25) is 4.98 Å². The maximum atomic E-state index is 12.2. The fourth-order valence-corrected chi connectivity index (χ4v) is 2.94. The van der Waals surface area contributed by atoms with Crippen molar-refractivity contribution in [1.29, 1.82) is 0 Å². The number of nitrogens with two attached hydrogens (primary N) is 1. The van der Waals surface area contributed by atoms with E-state index in [1.54, 1.807) is 18.2 Å². The van der Waals surface area contributed by atoms with Crippen molar-refractivity contribution in [2.75, 3.05) is 0 Å². The van der Waals surface area contributed by atoms with Gasteiger partial charge in [-0.15, -0.1) is 0 Å². The van der Waals surface area contributed by atoms with E-state index in [4.69, 9.17) is 18.0 Å². The molecular weight excluding hydrogens is 306 g/mol. The Morgan fingerprint density at radius 3 is 2.67 bits per heavy atom. The van der Waals surface area contributed by atoms with Crippen molar-refractivity contribution in [3.8, 4) is 0 Å². The quantitative estimate of drug-likeness (QED) is 0.815. The number of aromatic nitrogens is 1. The number of pyridine rings is 1. The molecule has 1 aromatic heterocycles. The van der Waals surface area contributed by atoms with Gasteiger partial charge in [0.15, 0.2) is 0 Å². The van der Waals surface area contributed by atoms with Crippen LogP contribution in [0.15, 0.2) is 47.4 Å². The Morgan fingerprint density at radius 1 is 1.29 bits per heavy atom. The summed E-state index contributed by atoms with van der Waals surface area (Å²) in [6, 6.07) is 11.7. The lowest BCUT2D eigenvalue weighted by Crippen LogP contribution is -2.24. The average molecular weight is 321 g/mol. The Bertz CT molecular complexity index is 773. The number of nitrogens with zero attached hydrogens (tertiary/aromatic N) is 1. The standard InChI is InChI=1S/C14H15N3O2S2/c1-10-4-2-6-12(17-10)9-16-21(18,19)13-7-3-5-11(8-13)14(15)20/h2-8,16H,9H2,1H3,(H2,15,20). The van der Waals surface area contributed by atoms with Gasteiger partial charge < -0.3 is 5.73 Å². The number of rotatable bonds is 5. The molecule has 7 heteroatoms. The molecule has 5 nitrogen and oxygen atoms in total. The van der Waals surface area contributed by atoms with Crippen molar-refractivity contribution in [2.24, 2.45) is 5.73 Å². The van der Waals surface area contributed by atoms with Crippen LogP contribution in [0.5, 0.6) is 0 Å². The fraction of sp³-hybridized carbons (Fsp3) is 0.143. The average Bonchev–Trinajstić information content (AvgIpc) is 2.45. The predicted molar refractivity (Wildman–Crippen MR) is 85.3 cm³/mol. The van der Waals surface area contributed by atoms with Gasteiger partial charge >= 0.3 is 0 Å². The van der Waals surface area contributed by atoms with Crippen LogP contribution in [0.2, 0.25) is 0 Å². The third kappa shape index (κ3) is 4.07. The molecule has 0 fully saturated rings. The minimum atomic E-state index is -3.63. The number of sulfonamides is 1. The van der Waals surface area contributed by atoms with Crippen LogP contribution in [0.4, 0.5) is 0 Å². The van der Waals surface area contributed by atoms with E-state index in [9.17, 15) is 8.42 Å². The maximum absolute atomic E-state index is 12.2. The van der Waals surface area contributed by atoms with E-state index >= 15 is 0 Å². The molecule has 0 aliphatic heterocycles. The highest BCUT2D eigenvalue weighted by molar-refractivity contribution is 7.89. The summed E-state index contributed by atoms with van der Waals surface area (Å²) in [5.41, 5.74) is 7.52. The Balaban J connectivity index is 2.19. The Morgan fingerprint density at radius 2 is 2.00 bits per heavy atom. The summed E-state index contributed by atoms with van der Waals surface area (Å²) < 4.78 is 27.0. The zero-order valence-electron chi connectivity index (χ0n) is 11.4. The van der Waals surface area contributed by atoms with E-state index in [1.165, 1.54) is 12.1 Å². The minimum Gasteiger partial charge on any atom is -0.389 e. The molecule has 110 valence electrons. The molecule has 0 radical (unpaired) electrons. The van der Waals surface area contributed by atoms with E-state index < -0.39 is 10.0 Å². The molecule has 0 saturated carbocycles. The van der Waals surface area contributed by atoms with Crippen LogP contribution in [0, 0.1) is 6.92 Å². The Kier molecular flexibility index (Phi) is 4.66. The van der Waals surface area contributed by atoms with Gasteiger partial charge in [0.25, 0.3) is 0 Å². The van der Waals surface area contributed by atoms with Crippen LogP contribution < -0.4 is 10.5 Å². The molecule has 0 atom stereocenters. The molecule has 0 unspecified atom stereocenters. The van der Waals surface area contributed by atoms with Crippen molar-refractivity contribution in [3.63, 3.8) is 0 Å². The van der Waals surface area contributed by atoms with Gasteiger partial charge in [-0.05, 0) is 31.2 Å². The van der Waals surface area contributed by atoms with Crippen LogP contribution in [0.3, 0.4) is 0 Å². The highest BCUT2D eigenvalue weighted by Gasteiger charge is 2.14. The Hall–Kier alpha value is -1.83. The van der Waals surface area contributed by atoms with Gasteiger partial charge in [0, 0.05) is 11.3 Å². The zero-order chi connectivity index (χ0) is 15.5. The van der Waals surface area contributed by atoms with Crippen molar-refractivity contribution >= 4 is 27.2 Å². The SMILES string of the molecule is Cc1cccc(CNS(=O)(=O)c2cccc(C(N)=S)c2)n1. The topological polar surface area (TPSA) is 85.1 Å². The van der Waals surface area contributed by atoms with Crippen LogP contribution in [-0.4, -0.2) is 18.4 Å². The number of nitrogens with one attached hydrogen (secondary N) is 1. The summed E-state index contributed by atoms with van der Waals surface area (Å²) in [5, 5.41) is 0. The van der Waals surface area contributed by atoms with E-state index in [0.717, 1.165) is 5.69 Å². The zero-order valence-corrected chi connectivity index (χ0v) is 13.0. The molecule has 3 N–H and O–H groups in total. The smallest absolute Gasteiger partial charge is 0.240 e. The number of thiocarbonyl (C=S) groups is 1. The van der Waals surface area contributed by atoms with E-state index in [0.29, 0.717) is 11.3 Å². The Labute approximate surface area is 129 Å². The van der Waals surface area contributed by atoms with Crippen molar-refractivity contribution in [3.05, 3.63) is 59.4 Å². The maximum Gasteiger partial charge on any atom is 0.240 e. The molecule has 2 rings (SSSR count). The summed E-state index contributed by atoms with van der Waals surface area (Å²) in [6.45, 7) is 1.98. The van der Waals surface area contributed by atoms with Gasteiger partial charge in [0.1, 0.15) is 4.99 Å². The summed E-state index contributed by atoms with van der Waals surface area (Å²) >= 11 is 4.85. The first kappa shape index (κ1) is 15.6. The third-order valence-electron chi connectivity index (χ3n) is 2.82. The third-order valence-corrected chi connectivity index (χ3v) is 4.45. The lowest BCUT2D eigenvalue weighted by atomic mass is 10.2. The second-order valence-electron chi connectivity index (χ2n) is 4.49. The molecule has 0 aliphatic rings. The van der Waals surface area contributed by atoms with Crippen molar-refractivity contribution in [2.45, 2.75) is 18.4 Å². The molecule has 0 bridgehead atoms. The molecular formula is C14H15N3O2S2. The molecule has 2 aromatic rings. The molecule has 21 heavy (non-hydrogen) atoms. The lowest BCUT2D eigenvalue weighted by molar-refractivity contribution is 0.580. The summed E-state index contributed by atoms with van der Waals surface area (Å²) in [7, 11) is -3.63. The lowest BCUT2D eigenvalue weighted by Gasteiger charge is -2.08. The van der Waals surface area contributed by atoms with Gasteiger partial charge in [-0.25, -0.2) is 13.1 Å². The van der Waals surface area contributed by atoms with Crippen LogP contribution in [0.1, 0.15) is 17.0 Å². The fourth-order valence-electron chi connectivity index (χ4n) is 1.77. The van der Waals surface area contributed by atoms with Crippen LogP contribution in [-0.2, 0) is 16.6 Å². The first-order valence-corrected chi connectivity index (χ1v) is 8.10. The van der Waals surface area contributed by atoms with Gasteiger partial charge in [-0.1, -0.05) is 30.4 Å². The number of hydrogen-bond donors (Lipinski definition) is 2. The molecule has 0 saturated heterocycles. The predicted octanol–water partition coefficient (Wildman–Crippen LogP) is 1.50. The van der Waals surface area contributed by atoms with E-state index in [-0.39, 0.29) is 16.4 Å². The molecule has 1 heterocycles. The number of hydrogen-bond acceptors (Lipinski definition) is 4. The summed E-state index contributed by atoms with van der Waals surface area (Å²) in [5.74, 6) is 0. The van der Waals surface area contributed by atoms with E-state index in [1.807, 2.05) is 19.1 Å². The van der Waals surface area contributed by atoms with Crippen molar-refractivity contribution in [1.82, 2.24) is 9.71 Å². The van der Waals surface area contributed by atoms with Gasteiger partial charge in [-0.2, -0.15) is 0 Å². The van der Waals surface area contributed by atoms with Crippen LogP contribution >= 0.6 is 12.2 Å². The molecule has 0 spiro atoms. The van der Waals surface area contributed by atoms with Crippen LogP contribution in [0.25, 0.3) is 0 Å². The number of aryl methyl sites for hydroxylation is 1. The minimum absolute atomic E-state index is 0.125. The largest absolute Gasteiger partial charge is 0.389 e. The van der Waals surface area contributed by atoms with E-state index in [2.05, 4.69) is 9.71 Å². The van der Waals surface area contributed by atoms with Crippen molar-refractivity contribution < 1.29 is 8.42 Å². The number of benzene rings is 1. The second-order valence-corrected chi connectivity index (χ2v) is 6.69. The second kappa shape index (κ2) is 6.30. The summed E-state index contributed by atoms with van der Waals surface area (Å²) in [6.07, 6.45) is 0. The first-order valence-electron chi connectivity index (χ1n) is 6.20. The van der Waals surface area contributed by atoms with Gasteiger partial charge in [0.05, 0.1) is 17.1 Å². The monoisotopic (exact) mass is 321 g/mol. The molecule has 1 aromatic carbocycles. The highest BCUT2D eigenvalue weighted by Crippen LogP contribution is 2.12. The molecule has 0 amide bonds. The summed E-state index contributed by atoms with van der Waals surface area (Å²) in [4.78, 5) is 4.53. The molecule has 0 aliphatic carbocycles.